The van der Waals surface area contributed by atoms with E-state index in [0.29, 0.717) is 11.3 Å². The summed E-state index contributed by atoms with van der Waals surface area (Å²) in [5, 5.41) is 10.1. The molecule has 4 aliphatic carbocycles. The van der Waals surface area contributed by atoms with E-state index < -0.39 is 0 Å². The van der Waals surface area contributed by atoms with Crippen LogP contribution in [0.15, 0.2) is 21.3 Å². The summed E-state index contributed by atoms with van der Waals surface area (Å²) < 4.78 is 1.63. The number of hydrogen-bond acceptors (Lipinski definition) is 1. The summed E-state index contributed by atoms with van der Waals surface area (Å²) in [6.45, 7) is 4.90. The van der Waals surface area contributed by atoms with Gasteiger partial charge in [0.25, 0.3) is 0 Å². The number of aliphatic hydroxyl groups excluding tert-OH is 1. The summed E-state index contributed by atoms with van der Waals surface area (Å²) in [4.78, 5) is 0. The molecule has 2 fully saturated rings. The lowest BCUT2D eigenvalue weighted by molar-refractivity contribution is -0.00469. The van der Waals surface area contributed by atoms with Gasteiger partial charge in [-0.05, 0) is 94.3 Å². The normalized spacial score (nSPS) is 52.4. The Bertz CT molecular complexity index is 508. The van der Waals surface area contributed by atoms with Crippen LogP contribution in [-0.2, 0) is 0 Å². The summed E-state index contributed by atoms with van der Waals surface area (Å²) in [5.74, 6) is 4.10. The molecule has 21 heavy (non-hydrogen) atoms. The second-order valence-corrected chi connectivity index (χ2v) is 9.45. The van der Waals surface area contributed by atoms with E-state index in [1.165, 1.54) is 25.7 Å². The van der Waals surface area contributed by atoms with Gasteiger partial charge in [0.05, 0.1) is 6.10 Å². The molecule has 4 rings (SSSR count). The van der Waals surface area contributed by atoms with Gasteiger partial charge in [-0.15, -0.1) is 0 Å². The Morgan fingerprint density at radius 2 is 2.05 bits per heavy atom. The standard InChI is InChI=1S/C19H27IO/c1-11-9-13(21)10-12-3-4-14-15(18(11)12)7-8-19(2)16(14)5-6-17(19)20/h3,6,11,13-16,18,21H,4-5,7-10H2,1-2H3/t11-,13?,14-,15+,16+,18?,19+/m1/s1. The van der Waals surface area contributed by atoms with Crippen molar-refractivity contribution in [1.29, 1.82) is 0 Å². The van der Waals surface area contributed by atoms with Crippen molar-refractivity contribution in [2.24, 2.45) is 35.0 Å². The first-order valence-electron chi connectivity index (χ1n) is 8.74. The van der Waals surface area contributed by atoms with Crippen LogP contribution in [0.5, 0.6) is 0 Å². The van der Waals surface area contributed by atoms with E-state index in [9.17, 15) is 5.11 Å². The van der Waals surface area contributed by atoms with Gasteiger partial charge in [0.2, 0.25) is 0 Å². The van der Waals surface area contributed by atoms with Crippen molar-refractivity contribution in [3.05, 3.63) is 21.3 Å². The Morgan fingerprint density at radius 1 is 1.24 bits per heavy atom. The molecule has 7 atom stereocenters. The molecular weight excluding hydrogens is 371 g/mol. The van der Waals surface area contributed by atoms with E-state index in [4.69, 9.17) is 0 Å². The highest BCUT2D eigenvalue weighted by Crippen LogP contribution is 2.63. The first-order valence-corrected chi connectivity index (χ1v) is 9.81. The Labute approximate surface area is 142 Å². The van der Waals surface area contributed by atoms with E-state index in [-0.39, 0.29) is 6.10 Å². The number of hydrogen-bond donors (Lipinski definition) is 1. The highest BCUT2D eigenvalue weighted by Gasteiger charge is 2.53. The van der Waals surface area contributed by atoms with E-state index in [2.05, 4.69) is 48.6 Å². The van der Waals surface area contributed by atoms with Gasteiger partial charge in [-0.25, -0.2) is 0 Å². The molecular formula is C19H27IO. The first kappa shape index (κ1) is 14.7. The summed E-state index contributed by atoms with van der Waals surface area (Å²) in [7, 11) is 0. The maximum Gasteiger partial charge on any atom is 0.0580 e. The van der Waals surface area contributed by atoms with Gasteiger partial charge in [0.15, 0.2) is 0 Å². The van der Waals surface area contributed by atoms with Crippen LogP contribution in [0.4, 0.5) is 0 Å². The van der Waals surface area contributed by atoms with E-state index in [0.717, 1.165) is 36.5 Å². The Hall–Kier alpha value is 0.170. The molecule has 4 aliphatic rings. The van der Waals surface area contributed by atoms with Crippen molar-refractivity contribution in [1.82, 2.24) is 0 Å². The van der Waals surface area contributed by atoms with Crippen LogP contribution in [-0.4, -0.2) is 11.2 Å². The van der Waals surface area contributed by atoms with Crippen LogP contribution in [0.1, 0.15) is 52.4 Å². The lowest BCUT2D eigenvalue weighted by atomic mass is 9.51. The van der Waals surface area contributed by atoms with E-state index in [1.807, 2.05) is 0 Å². The molecule has 1 nitrogen and oxygen atoms in total. The molecule has 0 bridgehead atoms. The number of fused-ring (bicyclic) bond motifs is 5. The lowest BCUT2D eigenvalue weighted by Crippen LogP contribution is -2.47. The average molecular weight is 398 g/mol. The summed E-state index contributed by atoms with van der Waals surface area (Å²) >= 11 is 2.60. The van der Waals surface area contributed by atoms with Crippen LogP contribution in [0.2, 0.25) is 0 Å². The van der Waals surface area contributed by atoms with Crippen LogP contribution in [0.25, 0.3) is 0 Å². The Balaban J connectivity index is 1.65. The second-order valence-electron chi connectivity index (χ2n) is 8.29. The van der Waals surface area contributed by atoms with Crippen molar-refractivity contribution < 1.29 is 5.11 Å². The molecule has 2 saturated carbocycles. The smallest absolute Gasteiger partial charge is 0.0580 e. The zero-order chi connectivity index (χ0) is 14.8. The number of rotatable bonds is 0. The minimum Gasteiger partial charge on any atom is -0.393 e. The van der Waals surface area contributed by atoms with Gasteiger partial charge in [0.1, 0.15) is 0 Å². The topological polar surface area (TPSA) is 20.2 Å². The van der Waals surface area contributed by atoms with Crippen molar-refractivity contribution in [2.75, 3.05) is 0 Å². The third-order valence-corrected chi connectivity index (χ3v) is 8.92. The number of halogens is 1. The fourth-order valence-corrected chi connectivity index (χ4v) is 7.18. The van der Waals surface area contributed by atoms with Crippen LogP contribution >= 0.6 is 22.6 Å². The molecule has 0 spiro atoms. The first-order chi connectivity index (χ1) is 10.0. The maximum absolute atomic E-state index is 10.1. The highest BCUT2D eigenvalue weighted by molar-refractivity contribution is 14.1. The van der Waals surface area contributed by atoms with Gasteiger partial charge >= 0.3 is 0 Å². The third-order valence-electron chi connectivity index (χ3n) is 7.25. The SMILES string of the molecule is C[C@@H]1CC(O)CC2=CC[C@@H]3[C@H](CC[C@]4(C)C(I)=CC[C@@H]34)C21. The van der Waals surface area contributed by atoms with Gasteiger partial charge in [-0.3, -0.25) is 0 Å². The molecule has 116 valence electrons. The predicted molar refractivity (Wildman–Crippen MR) is 95.1 cm³/mol. The number of aliphatic hydroxyl groups is 1. The fourth-order valence-electron chi connectivity index (χ4n) is 6.25. The molecule has 0 aromatic heterocycles. The van der Waals surface area contributed by atoms with Crippen molar-refractivity contribution in [2.45, 2.75) is 58.5 Å². The second kappa shape index (κ2) is 5.09. The van der Waals surface area contributed by atoms with Crippen molar-refractivity contribution in [3.63, 3.8) is 0 Å². The zero-order valence-corrected chi connectivity index (χ0v) is 15.3. The van der Waals surface area contributed by atoms with Crippen LogP contribution < -0.4 is 0 Å². The molecule has 0 aliphatic heterocycles. The van der Waals surface area contributed by atoms with Gasteiger partial charge in [-0.2, -0.15) is 0 Å². The fraction of sp³-hybridized carbons (Fsp3) is 0.789. The molecule has 2 heteroatoms. The maximum atomic E-state index is 10.1. The Kier molecular flexibility index (Phi) is 3.57. The average Bonchev–Trinajstić information content (AvgIpc) is 2.74. The minimum absolute atomic E-state index is 0.0815. The molecule has 1 N–H and O–H groups in total. The molecule has 0 radical (unpaired) electrons. The van der Waals surface area contributed by atoms with Gasteiger partial charge in [0, 0.05) is 5.41 Å². The summed E-state index contributed by atoms with van der Waals surface area (Å²) in [5.41, 5.74) is 2.08. The predicted octanol–water partition coefficient (Wildman–Crippen LogP) is 5.09. The number of allylic oxidation sites excluding steroid dienone is 3. The van der Waals surface area contributed by atoms with Gasteiger partial charge in [-0.1, -0.05) is 31.6 Å². The largest absolute Gasteiger partial charge is 0.393 e. The Morgan fingerprint density at radius 3 is 2.86 bits per heavy atom. The van der Waals surface area contributed by atoms with Crippen LogP contribution in [0.3, 0.4) is 0 Å². The zero-order valence-electron chi connectivity index (χ0n) is 13.2. The quantitative estimate of drug-likeness (QED) is 0.445. The van der Waals surface area contributed by atoms with Crippen molar-refractivity contribution >= 4 is 22.6 Å². The van der Waals surface area contributed by atoms with E-state index in [1.54, 1.807) is 9.15 Å². The molecule has 0 saturated heterocycles. The monoisotopic (exact) mass is 398 g/mol. The summed E-state index contributed by atoms with van der Waals surface area (Å²) in [6, 6.07) is 0. The van der Waals surface area contributed by atoms with Crippen LogP contribution in [0, 0.1) is 35.0 Å². The molecule has 0 aromatic rings. The molecule has 2 unspecified atom stereocenters. The lowest BCUT2D eigenvalue weighted by Gasteiger charge is -2.54. The van der Waals surface area contributed by atoms with Crippen molar-refractivity contribution in [3.8, 4) is 0 Å². The van der Waals surface area contributed by atoms with E-state index >= 15 is 0 Å². The highest BCUT2D eigenvalue weighted by atomic mass is 127. The third kappa shape index (κ3) is 2.11. The minimum atomic E-state index is -0.0815. The molecule has 0 aromatic carbocycles. The summed E-state index contributed by atoms with van der Waals surface area (Å²) in [6.07, 6.45) is 12.3. The molecule has 0 heterocycles. The molecule has 0 amide bonds. The van der Waals surface area contributed by atoms with Gasteiger partial charge < -0.3 is 5.11 Å².